The second kappa shape index (κ2) is 9.23. The number of nitrogens with one attached hydrogen (secondary N) is 1. The number of amides is 2. The van der Waals surface area contributed by atoms with Crippen LogP contribution >= 0.6 is 0 Å². The quantitative estimate of drug-likeness (QED) is 0.736. The second-order valence-corrected chi connectivity index (χ2v) is 6.85. The topological polar surface area (TPSA) is 61.9 Å². The zero-order valence-electron chi connectivity index (χ0n) is 14.6. The van der Waals surface area contributed by atoms with Gasteiger partial charge < -0.3 is 19.9 Å². The molecule has 2 heterocycles. The first-order valence-corrected chi connectivity index (χ1v) is 8.93. The van der Waals surface area contributed by atoms with Gasteiger partial charge in [0, 0.05) is 26.6 Å². The maximum Gasteiger partial charge on any atom is 0.245 e. The summed E-state index contributed by atoms with van der Waals surface area (Å²) in [5, 5.41) is 2.95. The van der Waals surface area contributed by atoms with Crippen LogP contribution in [0.25, 0.3) is 0 Å². The molecule has 0 saturated carbocycles. The van der Waals surface area contributed by atoms with Crippen molar-refractivity contribution in [3.05, 3.63) is 0 Å². The lowest BCUT2D eigenvalue weighted by Gasteiger charge is -2.33. The van der Waals surface area contributed by atoms with Gasteiger partial charge in [0.1, 0.15) is 6.04 Å². The van der Waals surface area contributed by atoms with E-state index >= 15 is 0 Å². The van der Waals surface area contributed by atoms with E-state index in [1.165, 1.54) is 32.9 Å². The molecular formula is C17H31N3O3. The number of rotatable bonds is 6. The lowest BCUT2D eigenvalue weighted by atomic mass is 10.0. The minimum Gasteiger partial charge on any atom is -0.377 e. The molecule has 2 fully saturated rings. The normalized spacial score (nSPS) is 26.1. The van der Waals surface area contributed by atoms with Crippen molar-refractivity contribution >= 4 is 11.8 Å². The molecule has 2 aliphatic rings. The fourth-order valence-corrected chi connectivity index (χ4v) is 3.48. The molecule has 6 nitrogen and oxygen atoms in total. The number of morpholine rings is 1. The van der Waals surface area contributed by atoms with Crippen LogP contribution in [-0.4, -0.2) is 73.6 Å². The number of piperidine rings is 1. The Bertz CT molecular complexity index is 403. The highest BCUT2D eigenvalue weighted by molar-refractivity contribution is 5.87. The lowest BCUT2D eigenvalue weighted by Crippen LogP contribution is -2.55. The molecule has 0 spiro atoms. The van der Waals surface area contributed by atoms with Gasteiger partial charge in [-0.05, 0) is 44.7 Å². The van der Waals surface area contributed by atoms with Crippen molar-refractivity contribution in [3.63, 3.8) is 0 Å². The maximum atomic E-state index is 12.2. The zero-order chi connectivity index (χ0) is 16.7. The van der Waals surface area contributed by atoms with Crippen molar-refractivity contribution in [1.82, 2.24) is 15.1 Å². The Morgan fingerprint density at radius 3 is 2.83 bits per heavy atom. The van der Waals surface area contributed by atoms with Crippen LogP contribution in [0.3, 0.4) is 0 Å². The Hall–Kier alpha value is -1.14. The number of carbonyl (C=O) groups is 2. The molecule has 0 aromatic rings. The molecule has 6 heteroatoms. The van der Waals surface area contributed by atoms with Crippen molar-refractivity contribution in [2.45, 2.75) is 45.6 Å². The van der Waals surface area contributed by atoms with Crippen LogP contribution < -0.4 is 5.32 Å². The van der Waals surface area contributed by atoms with Crippen molar-refractivity contribution in [1.29, 1.82) is 0 Å². The molecule has 23 heavy (non-hydrogen) atoms. The van der Waals surface area contributed by atoms with Gasteiger partial charge in [-0.25, -0.2) is 0 Å². The third kappa shape index (κ3) is 5.77. The summed E-state index contributed by atoms with van der Waals surface area (Å²) < 4.78 is 5.34. The number of nitrogens with zero attached hydrogens (tertiary/aromatic N) is 2. The van der Waals surface area contributed by atoms with Gasteiger partial charge in [-0.1, -0.05) is 6.92 Å². The van der Waals surface area contributed by atoms with Crippen LogP contribution in [0.1, 0.15) is 39.5 Å². The van der Waals surface area contributed by atoms with Gasteiger partial charge in [0.25, 0.3) is 0 Å². The van der Waals surface area contributed by atoms with Gasteiger partial charge in [0.15, 0.2) is 0 Å². The fourth-order valence-electron chi connectivity index (χ4n) is 3.48. The highest BCUT2D eigenvalue weighted by Gasteiger charge is 2.30. The maximum absolute atomic E-state index is 12.2. The predicted molar refractivity (Wildman–Crippen MR) is 89.1 cm³/mol. The van der Waals surface area contributed by atoms with E-state index in [1.807, 2.05) is 0 Å². The van der Waals surface area contributed by atoms with Gasteiger partial charge in [0.2, 0.25) is 11.8 Å². The number of unbranched alkanes of at least 4 members (excludes halogenated alkanes) is 1. The first-order chi connectivity index (χ1) is 11.1. The molecular weight excluding hydrogens is 294 g/mol. The average Bonchev–Trinajstić information content (AvgIpc) is 2.54. The van der Waals surface area contributed by atoms with E-state index in [9.17, 15) is 9.59 Å². The summed E-state index contributed by atoms with van der Waals surface area (Å²) in [6.07, 6.45) is 4.73. The fraction of sp³-hybridized carbons (Fsp3) is 0.882. The van der Waals surface area contributed by atoms with Crippen LogP contribution in [0.15, 0.2) is 0 Å². The van der Waals surface area contributed by atoms with Crippen LogP contribution in [0.2, 0.25) is 0 Å². The van der Waals surface area contributed by atoms with E-state index in [1.54, 1.807) is 4.90 Å². The van der Waals surface area contributed by atoms with E-state index < -0.39 is 6.04 Å². The summed E-state index contributed by atoms with van der Waals surface area (Å²) >= 11 is 0. The van der Waals surface area contributed by atoms with E-state index in [0.29, 0.717) is 26.3 Å². The lowest BCUT2D eigenvalue weighted by molar-refractivity contribution is -0.146. The summed E-state index contributed by atoms with van der Waals surface area (Å²) in [6, 6.07) is -0.468. The Balaban J connectivity index is 1.61. The van der Waals surface area contributed by atoms with E-state index in [0.717, 1.165) is 25.3 Å². The Labute approximate surface area is 139 Å². The van der Waals surface area contributed by atoms with E-state index in [2.05, 4.69) is 17.1 Å². The minimum atomic E-state index is -0.468. The highest BCUT2D eigenvalue weighted by atomic mass is 16.5. The standard InChI is InChI=1S/C17H31N3O3/c1-14-6-5-9-19(12-14)8-4-3-7-18-17(22)16-13-23-11-10-20(16)15(2)21/h14,16H,3-13H2,1-2H3,(H,18,22)/t14-,16-/m0/s1. The van der Waals surface area contributed by atoms with Gasteiger partial charge in [-0.15, -0.1) is 0 Å². The monoisotopic (exact) mass is 325 g/mol. The van der Waals surface area contributed by atoms with Gasteiger partial charge in [0.05, 0.1) is 13.2 Å². The zero-order valence-corrected chi connectivity index (χ0v) is 14.6. The van der Waals surface area contributed by atoms with Gasteiger partial charge in [-0.3, -0.25) is 9.59 Å². The smallest absolute Gasteiger partial charge is 0.245 e. The summed E-state index contributed by atoms with van der Waals surface area (Å²) in [5.41, 5.74) is 0. The third-order valence-corrected chi connectivity index (χ3v) is 4.78. The number of carbonyl (C=O) groups excluding carboxylic acids is 2. The SMILES string of the molecule is CC(=O)N1CCOC[C@H]1C(=O)NCCCCN1CCC[C@H](C)C1. The molecule has 132 valence electrons. The highest BCUT2D eigenvalue weighted by Crippen LogP contribution is 2.15. The Morgan fingerprint density at radius 2 is 2.09 bits per heavy atom. The van der Waals surface area contributed by atoms with Crippen molar-refractivity contribution in [2.24, 2.45) is 5.92 Å². The Morgan fingerprint density at radius 1 is 1.26 bits per heavy atom. The molecule has 0 bridgehead atoms. The minimum absolute atomic E-state index is 0.0623. The van der Waals surface area contributed by atoms with Gasteiger partial charge >= 0.3 is 0 Å². The predicted octanol–water partition coefficient (Wildman–Crippen LogP) is 0.862. The summed E-state index contributed by atoms with van der Waals surface area (Å²) in [7, 11) is 0. The van der Waals surface area contributed by atoms with Crippen molar-refractivity contribution in [2.75, 3.05) is 45.9 Å². The molecule has 2 atom stereocenters. The largest absolute Gasteiger partial charge is 0.377 e. The van der Waals surface area contributed by atoms with Crippen LogP contribution in [0, 0.1) is 5.92 Å². The summed E-state index contributed by atoms with van der Waals surface area (Å²) in [6.45, 7) is 9.35. The number of hydrogen-bond donors (Lipinski definition) is 1. The molecule has 0 unspecified atom stereocenters. The summed E-state index contributed by atoms with van der Waals surface area (Å²) in [5.74, 6) is 0.659. The first kappa shape index (κ1) is 18.2. The molecule has 2 rings (SSSR count). The first-order valence-electron chi connectivity index (χ1n) is 8.93. The third-order valence-electron chi connectivity index (χ3n) is 4.78. The summed E-state index contributed by atoms with van der Waals surface area (Å²) in [4.78, 5) is 27.9. The van der Waals surface area contributed by atoms with Crippen LogP contribution in [0.4, 0.5) is 0 Å². The van der Waals surface area contributed by atoms with Crippen molar-refractivity contribution in [3.8, 4) is 0 Å². The molecule has 2 amide bonds. The van der Waals surface area contributed by atoms with Crippen molar-refractivity contribution < 1.29 is 14.3 Å². The number of ether oxygens (including phenoxy) is 1. The molecule has 1 N–H and O–H groups in total. The van der Waals surface area contributed by atoms with E-state index in [-0.39, 0.29) is 11.8 Å². The molecule has 2 aliphatic heterocycles. The Kier molecular flexibility index (Phi) is 7.30. The van der Waals surface area contributed by atoms with Crippen LogP contribution in [-0.2, 0) is 14.3 Å². The van der Waals surface area contributed by atoms with Crippen LogP contribution in [0.5, 0.6) is 0 Å². The average molecular weight is 325 g/mol. The van der Waals surface area contributed by atoms with E-state index in [4.69, 9.17) is 4.74 Å². The number of likely N-dealkylation sites (tertiary alicyclic amines) is 1. The molecule has 0 aromatic carbocycles. The second-order valence-electron chi connectivity index (χ2n) is 6.85. The molecule has 2 saturated heterocycles. The molecule has 0 radical (unpaired) electrons. The number of hydrogen-bond acceptors (Lipinski definition) is 4. The molecule has 0 aliphatic carbocycles. The van der Waals surface area contributed by atoms with Gasteiger partial charge in [-0.2, -0.15) is 0 Å². The molecule has 0 aromatic heterocycles.